The fourth-order valence-corrected chi connectivity index (χ4v) is 3.85. The lowest BCUT2D eigenvalue weighted by atomic mass is 10.0. The molecule has 0 bridgehead atoms. The summed E-state index contributed by atoms with van der Waals surface area (Å²) in [5.74, 6) is -0.581. The number of imide groups is 1. The lowest BCUT2D eigenvalue weighted by Crippen LogP contribution is -2.32. The topological polar surface area (TPSA) is 87.7 Å². The van der Waals surface area contributed by atoms with Gasteiger partial charge in [0, 0.05) is 23.9 Å². The molecule has 0 aromatic heterocycles. The molecule has 0 saturated heterocycles. The molecule has 1 aliphatic heterocycles. The molecule has 2 N–H and O–H groups in total. The smallest absolute Gasteiger partial charge is 0.282 e. The van der Waals surface area contributed by atoms with Crippen molar-refractivity contribution in [2.24, 2.45) is 0 Å². The second-order valence-corrected chi connectivity index (χ2v) is 7.80. The molecule has 7 nitrogen and oxygen atoms in total. The van der Waals surface area contributed by atoms with E-state index in [1.54, 1.807) is 60.7 Å². The molecule has 3 aromatic rings. The minimum absolute atomic E-state index is 0.154. The van der Waals surface area contributed by atoms with Crippen LogP contribution in [0.3, 0.4) is 0 Å². The predicted molar refractivity (Wildman–Crippen MR) is 133 cm³/mol. The van der Waals surface area contributed by atoms with Crippen LogP contribution in [0.1, 0.15) is 25.0 Å². The van der Waals surface area contributed by atoms with Gasteiger partial charge >= 0.3 is 0 Å². The number of anilines is 3. The molecule has 0 unspecified atom stereocenters. The largest absolute Gasteiger partial charge is 0.496 e. The Morgan fingerprint density at radius 1 is 0.882 bits per heavy atom. The van der Waals surface area contributed by atoms with E-state index in [0.717, 1.165) is 12.0 Å². The summed E-state index contributed by atoms with van der Waals surface area (Å²) in [6.45, 7) is 3.47. The van der Waals surface area contributed by atoms with Crippen molar-refractivity contribution in [3.63, 3.8) is 0 Å². The number of carbonyl (C=O) groups is 3. The van der Waals surface area contributed by atoms with E-state index in [9.17, 15) is 14.4 Å². The van der Waals surface area contributed by atoms with Gasteiger partial charge < -0.3 is 15.4 Å². The summed E-state index contributed by atoms with van der Waals surface area (Å²) < 4.78 is 5.48. The Balaban J connectivity index is 1.77. The highest BCUT2D eigenvalue weighted by molar-refractivity contribution is 6.46. The fraction of sp³-hybridized carbons (Fsp3) is 0.148. The third kappa shape index (κ3) is 4.41. The molecule has 0 spiro atoms. The number of ether oxygens (including phenoxy) is 1. The number of benzene rings is 3. The molecule has 1 heterocycles. The van der Waals surface area contributed by atoms with Gasteiger partial charge in [0.05, 0.1) is 18.4 Å². The van der Waals surface area contributed by atoms with Gasteiger partial charge in [0.1, 0.15) is 11.4 Å². The van der Waals surface area contributed by atoms with E-state index >= 15 is 0 Å². The Hall–Kier alpha value is -4.39. The normalized spacial score (nSPS) is 13.3. The van der Waals surface area contributed by atoms with E-state index in [-0.39, 0.29) is 17.2 Å². The van der Waals surface area contributed by atoms with E-state index in [1.165, 1.54) is 18.9 Å². The number of rotatable bonds is 7. The quantitative estimate of drug-likeness (QED) is 0.508. The third-order valence-corrected chi connectivity index (χ3v) is 5.54. The van der Waals surface area contributed by atoms with Crippen LogP contribution in [0.5, 0.6) is 5.75 Å². The second-order valence-electron chi connectivity index (χ2n) is 7.80. The second kappa shape index (κ2) is 9.62. The fourth-order valence-electron chi connectivity index (χ4n) is 3.85. The van der Waals surface area contributed by atoms with Crippen LogP contribution in [0.25, 0.3) is 5.57 Å². The van der Waals surface area contributed by atoms with E-state index < -0.39 is 11.8 Å². The minimum Gasteiger partial charge on any atom is -0.496 e. The molecule has 7 heteroatoms. The summed E-state index contributed by atoms with van der Waals surface area (Å²) in [5, 5.41) is 5.83. The number of hydrogen-bond donors (Lipinski definition) is 2. The molecular weight excluding hydrogens is 430 g/mol. The lowest BCUT2D eigenvalue weighted by Gasteiger charge is -2.16. The number of aryl methyl sites for hydroxylation is 1. The Morgan fingerprint density at radius 2 is 1.53 bits per heavy atom. The summed E-state index contributed by atoms with van der Waals surface area (Å²) in [6, 6.07) is 21.4. The van der Waals surface area contributed by atoms with Crippen molar-refractivity contribution in [3.8, 4) is 5.75 Å². The molecular formula is C27H25N3O4. The molecule has 0 saturated carbocycles. The van der Waals surface area contributed by atoms with Crippen LogP contribution in [-0.4, -0.2) is 24.8 Å². The van der Waals surface area contributed by atoms with Crippen molar-refractivity contribution < 1.29 is 19.1 Å². The van der Waals surface area contributed by atoms with Crippen LogP contribution in [0.4, 0.5) is 17.1 Å². The standard InChI is InChI=1S/C27H25N3O4/c1-4-18-9-15-21(16-10-18)30-26(32)24(22-7-5-6-8-23(22)34-3)25(27(30)33)29-20-13-11-19(12-14-20)28-17(2)31/h5-16,29H,4H2,1-3H3,(H,28,31). The number of nitrogens with zero attached hydrogens (tertiary/aromatic N) is 1. The molecule has 0 radical (unpaired) electrons. The van der Waals surface area contributed by atoms with E-state index in [4.69, 9.17) is 4.74 Å². The highest BCUT2D eigenvalue weighted by Crippen LogP contribution is 2.37. The van der Waals surface area contributed by atoms with Crippen LogP contribution >= 0.6 is 0 Å². The van der Waals surface area contributed by atoms with E-state index in [1.807, 2.05) is 19.1 Å². The highest BCUT2D eigenvalue weighted by atomic mass is 16.5. The van der Waals surface area contributed by atoms with Crippen molar-refractivity contribution in [1.29, 1.82) is 0 Å². The first-order chi connectivity index (χ1) is 16.4. The third-order valence-electron chi connectivity index (χ3n) is 5.54. The first kappa shape index (κ1) is 22.8. The number of amides is 3. The maximum Gasteiger partial charge on any atom is 0.282 e. The number of methoxy groups -OCH3 is 1. The molecule has 34 heavy (non-hydrogen) atoms. The lowest BCUT2D eigenvalue weighted by molar-refractivity contribution is -0.120. The highest BCUT2D eigenvalue weighted by Gasteiger charge is 2.41. The summed E-state index contributed by atoms with van der Waals surface area (Å²) in [7, 11) is 1.52. The molecule has 0 aliphatic carbocycles. The molecule has 0 fully saturated rings. The molecule has 3 amide bonds. The number of hydrogen-bond acceptors (Lipinski definition) is 5. The van der Waals surface area contributed by atoms with Gasteiger partial charge in [0.15, 0.2) is 0 Å². The first-order valence-electron chi connectivity index (χ1n) is 10.9. The average molecular weight is 456 g/mol. The van der Waals surface area contributed by atoms with Crippen molar-refractivity contribution in [1.82, 2.24) is 0 Å². The van der Waals surface area contributed by atoms with Gasteiger partial charge in [-0.05, 0) is 54.4 Å². The summed E-state index contributed by atoms with van der Waals surface area (Å²) >= 11 is 0. The average Bonchev–Trinajstić information content (AvgIpc) is 3.09. The Bertz CT molecular complexity index is 1280. The Morgan fingerprint density at radius 3 is 2.15 bits per heavy atom. The molecule has 172 valence electrons. The summed E-state index contributed by atoms with van der Waals surface area (Å²) in [6.07, 6.45) is 0.855. The van der Waals surface area contributed by atoms with Crippen molar-refractivity contribution in [2.75, 3.05) is 22.6 Å². The molecule has 0 atom stereocenters. The first-order valence-corrected chi connectivity index (χ1v) is 10.9. The van der Waals surface area contributed by atoms with Gasteiger partial charge in [0.25, 0.3) is 11.8 Å². The van der Waals surface area contributed by atoms with Crippen LogP contribution < -0.4 is 20.3 Å². The van der Waals surface area contributed by atoms with Crippen LogP contribution in [-0.2, 0) is 20.8 Å². The van der Waals surface area contributed by atoms with Crippen LogP contribution in [0.15, 0.2) is 78.5 Å². The van der Waals surface area contributed by atoms with Gasteiger partial charge in [-0.15, -0.1) is 0 Å². The molecule has 1 aliphatic rings. The van der Waals surface area contributed by atoms with E-state index in [0.29, 0.717) is 28.4 Å². The van der Waals surface area contributed by atoms with Gasteiger partial charge in [-0.2, -0.15) is 0 Å². The monoisotopic (exact) mass is 455 g/mol. The number of carbonyl (C=O) groups excluding carboxylic acids is 3. The van der Waals surface area contributed by atoms with Crippen molar-refractivity contribution >= 4 is 40.4 Å². The molecule has 4 rings (SSSR count). The Labute approximate surface area is 198 Å². The SMILES string of the molecule is CCc1ccc(N2C(=O)C(Nc3ccc(NC(C)=O)cc3)=C(c3ccccc3OC)C2=O)cc1. The maximum atomic E-state index is 13.6. The maximum absolute atomic E-state index is 13.6. The summed E-state index contributed by atoms with van der Waals surface area (Å²) in [5.41, 5.74) is 3.74. The van der Waals surface area contributed by atoms with Crippen molar-refractivity contribution in [2.45, 2.75) is 20.3 Å². The molecule has 3 aromatic carbocycles. The zero-order valence-electron chi connectivity index (χ0n) is 19.2. The van der Waals surface area contributed by atoms with Gasteiger partial charge in [-0.1, -0.05) is 37.3 Å². The Kier molecular flexibility index (Phi) is 6.45. The summed E-state index contributed by atoms with van der Waals surface area (Å²) in [4.78, 5) is 39.6. The number of nitrogens with one attached hydrogen (secondary N) is 2. The van der Waals surface area contributed by atoms with Gasteiger partial charge in [0.2, 0.25) is 5.91 Å². The van der Waals surface area contributed by atoms with Crippen LogP contribution in [0.2, 0.25) is 0 Å². The van der Waals surface area contributed by atoms with Crippen molar-refractivity contribution in [3.05, 3.63) is 89.6 Å². The predicted octanol–water partition coefficient (Wildman–Crippen LogP) is 4.61. The zero-order chi connectivity index (χ0) is 24.2. The van der Waals surface area contributed by atoms with Crippen LogP contribution in [0, 0.1) is 0 Å². The van der Waals surface area contributed by atoms with Gasteiger partial charge in [-0.3, -0.25) is 14.4 Å². The van der Waals surface area contributed by atoms with E-state index in [2.05, 4.69) is 10.6 Å². The van der Waals surface area contributed by atoms with Gasteiger partial charge in [-0.25, -0.2) is 4.90 Å². The zero-order valence-corrected chi connectivity index (χ0v) is 19.2. The number of para-hydroxylation sites is 1. The minimum atomic E-state index is -0.457.